The first-order valence-corrected chi connectivity index (χ1v) is 9.28. The third-order valence-electron chi connectivity index (χ3n) is 3.47. The lowest BCUT2D eigenvalue weighted by Crippen LogP contribution is -2.15. The largest absolute Gasteiger partial charge is 0.310 e. The van der Waals surface area contributed by atoms with E-state index in [2.05, 4.69) is 27.1 Å². The summed E-state index contributed by atoms with van der Waals surface area (Å²) in [5.74, 6) is 0.241. The molecule has 1 aromatic carbocycles. The molecule has 2 heterocycles. The number of allylic oxidation sites excluding steroid dienone is 1. The second-order valence-electron chi connectivity index (χ2n) is 5.38. The highest BCUT2D eigenvalue weighted by Gasteiger charge is 2.17. The second-order valence-corrected chi connectivity index (χ2v) is 6.76. The number of carbonyl (C=O) groups excluding carboxylic acids is 1. The fraction of sp³-hybridized carbons (Fsp3) is 0.111. The van der Waals surface area contributed by atoms with Crippen LogP contribution >= 0.6 is 23.4 Å². The maximum absolute atomic E-state index is 14.1. The lowest BCUT2D eigenvalue weighted by Gasteiger charge is -2.08. The van der Waals surface area contributed by atoms with Gasteiger partial charge in [-0.1, -0.05) is 41.6 Å². The molecule has 2 aromatic heterocycles. The van der Waals surface area contributed by atoms with Crippen molar-refractivity contribution in [3.8, 4) is 11.4 Å². The van der Waals surface area contributed by atoms with Crippen molar-refractivity contribution < 1.29 is 9.18 Å². The molecule has 1 amide bonds. The number of anilines is 1. The summed E-state index contributed by atoms with van der Waals surface area (Å²) in [5, 5.41) is 11.8. The Balaban J connectivity index is 1.73. The van der Waals surface area contributed by atoms with Gasteiger partial charge in [0.1, 0.15) is 11.6 Å². The molecule has 0 aliphatic rings. The molecule has 3 aromatic rings. The molecule has 9 heteroatoms. The molecular formula is C18H15ClFN5OS. The van der Waals surface area contributed by atoms with Gasteiger partial charge in [-0.2, -0.15) is 0 Å². The summed E-state index contributed by atoms with van der Waals surface area (Å²) in [5.41, 5.74) is 0.341. The quantitative estimate of drug-likeness (QED) is 0.476. The Hall–Kier alpha value is -2.71. The van der Waals surface area contributed by atoms with Crippen molar-refractivity contribution in [3.05, 3.63) is 66.1 Å². The number of hydrogen-bond acceptors (Lipinski definition) is 5. The van der Waals surface area contributed by atoms with Crippen LogP contribution in [-0.2, 0) is 11.3 Å². The van der Waals surface area contributed by atoms with Crippen molar-refractivity contribution in [2.24, 2.45) is 0 Å². The Morgan fingerprint density at radius 3 is 2.81 bits per heavy atom. The maximum atomic E-state index is 14.1. The molecule has 0 bridgehead atoms. The summed E-state index contributed by atoms with van der Waals surface area (Å²) in [6, 6.07) is 9.58. The molecular weight excluding hydrogens is 389 g/mol. The van der Waals surface area contributed by atoms with Crippen LogP contribution in [0.5, 0.6) is 0 Å². The van der Waals surface area contributed by atoms with Crippen LogP contribution in [0.25, 0.3) is 11.4 Å². The van der Waals surface area contributed by atoms with Gasteiger partial charge in [0.15, 0.2) is 11.0 Å². The summed E-state index contributed by atoms with van der Waals surface area (Å²) < 4.78 is 15.8. The number of rotatable bonds is 7. The van der Waals surface area contributed by atoms with Crippen molar-refractivity contribution in [3.63, 3.8) is 0 Å². The van der Waals surface area contributed by atoms with E-state index < -0.39 is 5.82 Å². The first kappa shape index (κ1) is 19.1. The Morgan fingerprint density at radius 2 is 2.11 bits per heavy atom. The van der Waals surface area contributed by atoms with Crippen LogP contribution < -0.4 is 5.32 Å². The van der Waals surface area contributed by atoms with Gasteiger partial charge in [0, 0.05) is 12.7 Å². The highest BCUT2D eigenvalue weighted by molar-refractivity contribution is 7.99. The first-order valence-electron chi connectivity index (χ1n) is 7.91. The summed E-state index contributed by atoms with van der Waals surface area (Å²) >= 11 is 6.96. The molecule has 138 valence electrons. The van der Waals surface area contributed by atoms with Crippen molar-refractivity contribution in [1.82, 2.24) is 19.7 Å². The summed E-state index contributed by atoms with van der Waals surface area (Å²) in [4.78, 5) is 16.1. The van der Waals surface area contributed by atoms with Crippen LogP contribution in [0.2, 0.25) is 5.02 Å². The number of halogens is 2. The van der Waals surface area contributed by atoms with Gasteiger partial charge in [-0.25, -0.2) is 9.37 Å². The smallest absolute Gasteiger partial charge is 0.236 e. The molecule has 0 atom stereocenters. The van der Waals surface area contributed by atoms with Gasteiger partial charge >= 0.3 is 0 Å². The number of nitrogens with zero attached hydrogens (tertiary/aromatic N) is 4. The van der Waals surface area contributed by atoms with Crippen LogP contribution in [-0.4, -0.2) is 31.4 Å². The van der Waals surface area contributed by atoms with Crippen molar-refractivity contribution in [2.45, 2.75) is 11.7 Å². The van der Waals surface area contributed by atoms with Crippen molar-refractivity contribution >= 4 is 35.1 Å². The average molecular weight is 404 g/mol. The Bertz CT molecular complexity index is 961. The van der Waals surface area contributed by atoms with E-state index in [4.69, 9.17) is 11.6 Å². The summed E-state index contributed by atoms with van der Waals surface area (Å²) in [7, 11) is 0. The molecule has 0 aliphatic carbocycles. The monoisotopic (exact) mass is 403 g/mol. The molecule has 3 rings (SSSR count). The van der Waals surface area contributed by atoms with Crippen LogP contribution in [0, 0.1) is 5.82 Å². The average Bonchev–Trinajstić information content (AvgIpc) is 3.05. The minimum Gasteiger partial charge on any atom is -0.310 e. The zero-order chi connectivity index (χ0) is 19.2. The number of carbonyl (C=O) groups is 1. The number of benzene rings is 1. The summed E-state index contributed by atoms with van der Waals surface area (Å²) in [6.45, 7) is 4.10. The Morgan fingerprint density at radius 1 is 1.30 bits per heavy atom. The Kier molecular flexibility index (Phi) is 6.20. The van der Waals surface area contributed by atoms with Gasteiger partial charge in [-0.3, -0.25) is 9.36 Å². The number of thioether (sulfide) groups is 1. The SMILES string of the molecule is C=CCn1c(SCC(=O)Nc2ccc(Cl)cn2)nnc1-c1ccccc1F. The van der Waals surface area contributed by atoms with Crippen molar-refractivity contribution in [2.75, 3.05) is 11.1 Å². The van der Waals surface area contributed by atoms with Gasteiger partial charge in [0.05, 0.1) is 16.3 Å². The van der Waals surface area contributed by atoms with E-state index in [1.165, 1.54) is 24.0 Å². The Labute approximate surface area is 164 Å². The van der Waals surface area contributed by atoms with Gasteiger partial charge in [0.25, 0.3) is 0 Å². The number of nitrogens with one attached hydrogen (secondary N) is 1. The first-order chi connectivity index (χ1) is 13.1. The molecule has 6 nitrogen and oxygen atoms in total. The predicted molar refractivity (Wildman–Crippen MR) is 104 cm³/mol. The number of pyridine rings is 1. The van der Waals surface area contributed by atoms with Crippen LogP contribution in [0.4, 0.5) is 10.2 Å². The molecule has 27 heavy (non-hydrogen) atoms. The van der Waals surface area contributed by atoms with Crippen LogP contribution in [0.15, 0.2) is 60.4 Å². The third kappa shape index (κ3) is 4.72. The molecule has 0 fully saturated rings. The van der Waals surface area contributed by atoms with Gasteiger partial charge in [0.2, 0.25) is 5.91 Å². The molecule has 1 N–H and O–H groups in total. The topological polar surface area (TPSA) is 72.7 Å². The fourth-order valence-electron chi connectivity index (χ4n) is 2.29. The normalized spacial score (nSPS) is 10.6. The molecule has 0 unspecified atom stereocenters. The fourth-order valence-corrected chi connectivity index (χ4v) is 3.15. The van der Waals surface area contributed by atoms with E-state index >= 15 is 0 Å². The zero-order valence-electron chi connectivity index (χ0n) is 14.1. The van der Waals surface area contributed by atoms with Crippen LogP contribution in [0.1, 0.15) is 0 Å². The molecule has 0 spiro atoms. The molecule has 0 saturated heterocycles. The molecule has 0 aliphatic heterocycles. The standard InChI is InChI=1S/C18H15ClFN5OS/c1-2-9-25-17(13-5-3-4-6-14(13)20)23-24-18(25)27-11-16(26)22-15-8-7-12(19)10-21-15/h2-8,10H,1,9,11H2,(H,21,22,26). The summed E-state index contributed by atoms with van der Waals surface area (Å²) in [6.07, 6.45) is 3.11. The van der Waals surface area contributed by atoms with Crippen molar-refractivity contribution in [1.29, 1.82) is 0 Å². The second kappa shape index (κ2) is 8.79. The van der Waals surface area contributed by atoms with E-state index in [1.54, 1.807) is 41.0 Å². The minimum atomic E-state index is -0.390. The lowest BCUT2D eigenvalue weighted by atomic mass is 10.2. The van der Waals surface area contributed by atoms with E-state index in [0.29, 0.717) is 33.9 Å². The van der Waals surface area contributed by atoms with E-state index in [1.807, 2.05) is 0 Å². The number of hydrogen-bond donors (Lipinski definition) is 1. The maximum Gasteiger partial charge on any atom is 0.236 e. The van der Waals surface area contributed by atoms with E-state index in [0.717, 1.165) is 0 Å². The number of aromatic nitrogens is 4. The number of amides is 1. The molecule has 0 radical (unpaired) electrons. The minimum absolute atomic E-state index is 0.0941. The lowest BCUT2D eigenvalue weighted by molar-refractivity contribution is -0.113. The zero-order valence-corrected chi connectivity index (χ0v) is 15.7. The van der Waals surface area contributed by atoms with E-state index in [9.17, 15) is 9.18 Å². The van der Waals surface area contributed by atoms with Gasteiger partial charge in [-0.05, 0) is 24.3 Å². The van der Waals surface area contributed by atoms with Gasteiger partial charge < -0.3 is 5.32 Å². The third-order valence-corrected chi connectivity index (χ3v) is 4.66. The van der Waals surface area contributed by atoms with Crippen LogP contribution in [0.3, 0.4) is 0 Å². The van der Waals surface area contributed by atoms with E-state index in [-0.39, 0.29) is 11.7 Å². The highest BCUT2D eigenvalue weighted by atomic mass is 35.5. The predicted octanol–water partition coefficient (Wildman–Crippen LogP) is 4.05. The highest BCUT2D eigenvalue weighted by Crippen LogP contribution is 2.26. The van der Waals surface area contributed by atoms with Gasteiger partial charge in [-0.15, -0.1) is 16.8 Å². The molecule has 0 saturated carbocycles.